The predicted molar refractivity (Wildman–Crippen MR) is 36.6 cm³/mol. The molecule has 0 N–H and O–H groups in total. The van der Waals surface area contributed by atoms with Crippen LogP contribution in [0.2, 0.25) is 0 Å². The van der Waals surface area contributed by atoms with Gasteiger partial charge in [-0.05, 0) is 6.92 Å². The molecule has 0 radical (unpaired) electrons. The van der Waals surface area contributed by atoms with E-state index in [-0.39, 0.29) is 5.60 Å². The van der Waals surface area contributed by atoms with Gasteiger partial charge in [-0.2, -0.15) is 0 Å². The molecule has 54 valence electrons. The molecule has 2 rings (SSSR count). The highest BCUT2D eigenvalue weighted by Gasteiger charge is 2.39. The summed E-state index contributed by atoms with van der Waals surface area (Å²) in [5.74, 6) is 0. The van der Waals surface area contributed by atoms with E-state index < -0.39 is 0 Å². The molecule has 0 amide bonds. The van der Waals surface area contributed by atoms with Crippen LogP contribution >= 0.6 is 0 Å². The summed E-state index contributed by atoms with van der Waals surface area (Å²) in [6.45, 7) is 3.91. The zero-order chi connectivity index (χ0) is 7.03. The van der Waals surface area contributed by atoms with Crippen LogP contribution in [0.1, 0.15) is 6.92 Å². The van der Waals surface area contributed by atoms with Gasteiger partial charge in [-0.15, -0.1) is 0 Å². The molecule has 1 aliphatic heterocycles. The molecule has 1 aromatic heterocycles. The van der Waals surface area contributed by atoms with Crippen molar-refractivity contribution in [2.24, 2.45) is 0 Å². The lowest BCUT2D eigenvalue weighted by atomic mass is 10.2. The Morgan fingerprint density at radius 2 is 2.60 bits per heavy atom. The number of epoxide rings is 1. The largest absolute Gasteiger partial charge is 0.368 e. The summed E-state index contributed by atoms with van der Waals surface area (Å²) in [7, 11) is 0. The van der Waals surface area contributed by atoms with Gasteiger partial charge in [-0.25, -0.2) is 4.98 Å². The van der Waals surface area contributed by atoms with Crippen molar-refractivity contribution in [2.75, 3.05) is 6.61 Å². The Balaban J connectivity index is 2.04. The third-order valence-electron chi connectivity index (χ3n) is 1.71. The highest BCUT2D eigenvalue weighted by atomic mass is 16.6. The Hall–Kier alpha value is -0.830. The summed E-state index contributed by atoms with van der Waals surface area (Å²) >= 11 is 0. The maximum atomic E-state index is 5.22. The van der Waals surface area contributed by atoms with Gasteiger partial charge in [0.05, 0.1) is 19.5 Å². The van der Waals surface area contributed by atoms with Crippen molar-refractivity contribution in [3.63, 3.8) is 0 Å². The minimum Gasteiger partial charge on any atom is -0.368 e. The third-order valence-corrected chi connectivity index (χ3v) is 1.71. The lowest BCUT2D eigenvalue weighted by Gasteiger charge is -2.03. The molecule has 1 aromatic rings. The van der Waals surface area contributed by atoms with Gasteiger partial charge >= 0.3 is 0 Å². The molecule has 1 saturated heterocycles. The van der Waals surface area contributed by atoms with Gasteiger partial charge in [0.2, 0.25) is 0 Å². The molecule has 10 heavy (non-hydrogen) atoms. The fourth-order valence-electron chi connectivity index (χ4n) is 0.981. The Bertz CT molecular complexity index is 214. The molecule has 1 unspecified atom stereocenters. The van der Waals surface area contributed by atoms with E-state index in [1.54, 1.807) is 6.20 Å². The van der Waals surface area contributed by atoms with Gasteiger partial charge in [-0.3, -0.25) is 0 Å². The zero-order valence-corrected chi connectivity index (χ0v) is 5.95. The van der Waals surface area contributed by atoms with Crippen LogP contribution in [0.5, 0.6) is 0 Å². The second kappa shape index (κ2) is 1.83. The predicted octanol–water partition coefficient (Wildman–Crippen LogP) is 0.672. The fraction of sp³-hybridized carbons (Fsp3) is 0.571. The Morgan fingerprint density at radius 1 is 1.80 bits per heavy atom. The SMILES string of the molecule is CC1(Cn2ccnc2)CO1. The molecule has 2 heterocycles. The van der Waals surface area contributed by atoms with Crippen LogP contribution in [0.25, 0.3) is 0 Å². The van der Waals surface area contributed by atoms with Gasteiger partial charge in [0.15, 0.2) is 0 Å². The van der Waals surface area contributed by atoms with Crippen LogP contribution in [0.3, 0.4) is 0 Å². The highest BCUT2D eigenvalue weighted by Crippen LogP contribution is 2.27. The maximum Gasteiger partial charge on any atom is 0.107 e. The van der Waals surface area contributed by atoms with Crippen molar-refractivity contribution in [3.8, 4) is 0 Å². The van der Waals surface area contributed by atoms with Crippen molar-refractivity contribution in [1.82, 2.24) is 9.55 Å². The van der Waals surface area contributed by atoms with E-state index in [1.165, 1.54) is 0 Å². The van der Waals surface area contributed by atoms with E-state index in [4.69, 9.17) is 4.74 Å². The summed E-state index contributed by atoms with van der Waals surface area (Å²) in [6, 6.07) is 0. The minimum atomic E-state index is 0.0979. The van der Waals surface area contributed by atoms with Crippen molar-refractivity contribution in [2.45, 2.75) is 19.1 Å². The number of hydrogen-bond donors (Lipinski definition) is 0. The third kappa shape index (κ3) is 1.04. The van der Waals surface area contributed by atoms with E-state index in [1.807, 2.05) is 17.1 Å². The monoisotopic (exact) mass is 138 g/mol. The molecule has 0 bridgehead atoms. The van der Waals surface area contributed by atoms with Gasteiger partial charge in [0, 0.05) is 12.4 Å². The van der Waals surface area contributed by atoms with E-state index in [2.05, 4.69) is 11.9 Å². The molecule has 3 nitrogen and oxygen atoms in total. The molecule has 1 fully saturated rings. The number of aromatic nitrogens is 2. The minimum absolute atomic E-state index is 0.0979. The van der Waals surface area contributed by atoms with Crippen molar-refractivity contribution in [3.05, 3.63) is 18.7 Å². The molecule has 1 aliphatic rings. The molecular formula is C7H10N2O. The summed E-state index contributed by atoms with van der Waals surface area (Å²) in [5, 5.41) is 0. The summed E-state index contributed by atoms with van der Waals surface area (Å²) in [6.07, 6.45) is 5.55. The molecule has 0 aromatic carbocycles. The molecule has 1 atom stereocenters. The second-order valence-electron chi connectivity index (χ2n) is 2.97. The van der Waals surface area contributed by atoms with Crippen molar-refractivity contribution >= 4 is 0 Å². The molecule has 0 saturated carbocycles. The standard InChI is InChI=1S/C7H10N2O/c1-7(5-10-7)4-9-3-2-8-6-9/h2-3,6H,4-5H2,1H3. The van der Waals surface area contributed by atoms with E-state index in [0.717, 1.165) is 13.2 Å². The first-order chi connectivity index (χ1) is 4.79. The number of imidazole rings is 1. The van der Waals surface area contributed by atoms with Gasteiger partial charge in [-0.1, -0.05) is 0 Å². The van der Waals surface area contributed by atoms with Gasteiger partial charge in [0.1, 0.15) is 5.60 Å². The Kier molecular flexibility index (Phi) is 1.08. The van der Waals surface area contributed by atoms with Crippen molar-refractivity contribution in [1.29, 1.82) is 0 Å². The topological polar surface area (TPSA) is 30.4 Å². The van der Waals surface area contributed by atoms with Crippen molar-refractivity contribution < 1.29 is 4.74 Å². The van der Waals surface area contributed by atoms with Crippen LogP contribution in [0.15, 0.2) is 18.7 Å². The molecule has 0 aliphatic carbocycles. The number of rotatable bonds is 2. The molecular weight excluding hydrogens is 128 g/mol. The number of hydrogen-bond acceptors (Lipinski definition) is 2. The van der Waals surface area contributed by atoms with E-state index in [9.17, 15) is 0 Å². The first kappa shape index (κ1) is 5.92. The van der Waals surface area contributed by atoms with Crippen LogP contribution in [-0.4, -0.2) is 21.8 Å². The van der Waals surface area contributed by atoms with E-state index >= 15 is 0 Å². The quantitative estimate of drug-likeness (QED) is 0.562. The van der Waals surface area contributed by atoms with Crippen LogP contribution in [-0.2, 0) is 11.3 Å². The lowest BCUT2D eigenvalue weighted by molar-refractivity contribution is 0.294. The maximum absolute atomic E-state index is 5.22. The number of ether oxygens (including phenoxy) is 1. The Morgan fingerprint density at radius 3 is 3.10 bits per heavy atom. The van der Waals surface area contributed by atoms with E-state index in [0.29, 0.717) is 0 Å². The average molecular weight is 138 g/mol. The average Bonchev–Trinajstić information content (AvgIpc) is 2.47. The first-order valence-electron chi connectivity index (χ1n) is 3.38. The summed E-state index contributed by atoms with van der Waals surface area (Å²) in [4.78, 5) is 3.94. The highest BCUT2D eigenvalue weighted by molar-refractivity contribution is 4.89. The zero-order valence-electron chi connectivity index (χ0n) is 5.95. The summed E-state index contributed by atoms with van der Waals surface area (Å²) in [5.41, 5.74) is 0.0979. The molecule has 3 heteroatoms. The van der Waals surface area contributed by atoms with Gasteiger partial charge < -0.3 is 9.30 Å². The molecule has 0 spiro atoms. The van der Waals surface area contributed by atoms with Crippen LogP contribution in [0, 0.1) is 0 Å². The fourth-order valence-corrected chi connectivity index (χ4v) is 0.981. The first-order valence-corrected chi connectivity index (χ1v) is 3.38. The normalized spacial score (nSPS) is 30.5. The van der Waals surface area contributed by atoms with Crippen LogP contribution in [0.4, 0.5) is 0 Å². The summed E-state index contributed by atoms with van der Waals surface area (Å²) < 4.78 is 7.26. The smallest absolute Gasteiger partial charge is 0.107 e. The lowest BCUT2D eigenvalue weighted by Crippen LogP contribution is -2.13. The number of nitrogens with zero attached hydrogens (tertiary/aromatic N) is 2. The Labute approximate surface area is 59.6 Å². The van der Waals surface area contributed by atoms with Crippen LogP contribution < -0.4 is 0 Å². The second-order valence-corrected chi connectivity index (χ2v) is 2.97. The van der Waals surface area contributed by atoms with Gasteiger partial charge in [0.25, 0.3) is 0 Å².